The molecule has 0 bridgehead atoms. The number of ether oxygens (including phenoxy) is 1. The van der Waals surface area contributed by atoms with E-state index in [1.54, 1.807) is 50.2 Å². The minimum Gasteiger partial charge on any atom is -0.772 e. The number of esters is 1. The second-order valence-corrected chi connectivity index (χ2v) is 7.20. The third-order valence-electron chi connectivity index (χ3n) is 4.04. The van der Waals surface area contributed by atoms with Crippen molar-refractivity contribution in [1.82, 2.24) is 0 Å². The second kappa shape index (κ2) is 6.54. The molecule has 0 radical (unpaired) electrons. The Morgan fingerprint density at radius 2 is 1.80 bits per heavy atom. The molecule has 1 atom stereocenters. The predicted octanol–water partition coefficient (Wildman–Crippen LogP) is 3.45. The van der Waals surface area contributed by atoms with E-state index < -0.39 is 28.5 Å². The first-order valence-corrected chi connectivity index (χ1v) is 8.91. The van der Waals surface area contributed by atoms with Crippen molar-refractivity contribution in [3.63, 3.8) is 0 Å². The molecule has 1 aliphatic rings. The monoisotopic (exact) mass is 359 g/mol. The number of hydrogen-bond acceptors (Lipinski definition) is 4. The van der Waals surface area contributed by atoms with Crippen molar-refractivity contribution in [3.05, 3.63) is 71.0 Å². The molecule has 6 heteroatoms. The number of carbonyl (C=O) groups excluding carboxylic acids is 1. The summed E-state index contributed by atoms with van der Waals surface area (Å²) in [6.07, 6.45) is 0. The fourth-order valence-corrected chi connectivity index (χ4v) is 3.50. The van der Waals surface area contributed by atoms with Crippen molar-refractivity contribution < 1.29 is 22.7 Å². The van der Waals surface area contributed by atoms with Crippen LogP contribution in [0, 0.1) is 5.82 Å². The van der Waals surface area contributed by atoms with Crippen LogP contribution in [-0.4, -0.2) is 20.3 Å². The zero-order valence-corrected chi connectivity index (χ0v) is 14.6. The summed E-state index contributed by atoms with van der Waals surface area (Å²) in [5.41, 5.74) is 1.93. The Labute approximate surface area is 147 Å². The van der Waals surface area contributed by atoms with Gasteiger partial charge in [0, 0.05) is 11.3 Å². The summed E-state index contributed by atoms with van der Waals surface area (Å²) < 4.78 is 40.7. The van der Waals surface area contributed by atoms with E-state index in [-0.39, 0.29) is 5.75 Å². The van der Waals surface area contributed by atoms with Gasteiger partial charge in [-0.05, 0) is 42.7 Å². The molecular weight excluding hydrogens is 343 g/mol. The van der Waals surface area contributed by atoms with Gasteiger partial charge in [0.25, 0.3) is 0 Å². The van der Waals surface area contributed by atoms with Crippen LogP contribution in [0.15, 0.2) is 48.5 Å². The Balaban J connectivity index is 2.13. The number of rotatable bonds is 4. The third kappa shape index (κ3) is 3.55. The van der Waals surface area contributed by atoms with E-state index in [2.05, 4.69) is 0 Å². The molecule has 130 valence electrons. The lowest BCUT2D eigenvalue weighted by Gasteiger charge is -2.22. The van der Waals surface area contributed by atoms with Gasteiger partial charge >= 0.3 is 5.97 Å². The smallest absolute Gasteiger partial charge is 0.340 e. The Hall–Kier alpha value is -2.31. The highest BCUT2D eigenvalue weighted by Crippen LogP contribution is 2.43. The fourth-order valence-electron chi connectivity index (χ4n) is 3.04. The maximum absolute atomic E-state index is 13.6. The number of hydrogen-bond donors (Lipinski definition) is 0. The van der Waals surface area contributed by atoms with E-state index in [9.17, 15) is 17.9 Å². The average molecular weight is 359 g/mol. The van der Waals surface area contributed by atoms with Gasteiger partial charge in [0.2, 0.25) is 0 Å². The lowest BCUT2D eigenvalue weighted by Crippen LogP contribution is -2.22. The van der Waals surface area contributed by atoms with E-state index in [4.69, 9.17) is 4.74 Å². The molecule has 25 heavy (non-hydrogen) atoms. The lowest BCUT2D eigenvalue weighted by molar-refractivity contribution is -0.141. The van der Waals surface area contributed by atoms with Crippen LogP contribution >= 0.6 is 0 Å². The lowest BCUT2D eigenvalue weighted by atomic mass is 9.86. The van der Waals surface area contributed by atoms with E-state index in [0.29, 0.717) is 22.3 Å². The minimum atomic E-state index is -2.17. The van der Waals surface area contributed by atoms with Crippen LogP contribution < -0.4 is 0 Å². The van der Waals surface area contributed by atoms with Crippen molar-refractivity contribution in [1.29, 1.82) is 0 Å². The van der Waals surface area contributed by atoms with Crippen molar-refractivity contribution in [3.8, 4) is 0 Å². The van der Waals surface area contributed by atoms with Gasteiger partial charge in [0.15, 0.2) is 0 Å². The fraction of sp³-hybridized carbons (Fsp3) is 0.211. The Morgan fingerprint density at radius 1 is 1.12 bits per heavy atom. The van der Waals surface area contributed by atoms with Crippen molar-refractivity contribution in [2.45, 2.75) is 25.2 Å². The number of benzene rings is 2. The molecule has 2 aromatic rings. The quantitative estimate of drug-likeness (QED) is 0.619. The highest BCUT2D eigenvalue weighted by Gasteiger charge is 2.41. The summed E-state index contributed by atoms with van der Waals surface area (Å²) in [5, 5.41) is 0. The minimum absolute atomic E-state index is 0.0745. The normalized spacial score (nSPS) is 17.5. The van der Waals surface area contributed by atoms with E-state index in [1.165, 1.54) is 12.1 Å². The van der Waals surface area contributed by atoms with Crippen molar-refractivity contribution in [2.24, 2.45) is 0 Å². The van der Waals surface area contributed by atoms with Crippen molar-refractivity contribution in [2.75, 3.05) is 0 Å². The molecule has 0 saturated carbocycles. The van der Waals surface area contributed by atoms with Crippen LogP contribution in [0.5, 0.6) is 0 Å². The summed E-state index contributed by atoms with van der Waals surface area (Å²) >= 11 is -2.17. The predicted molar refractivity (Wildman–Crippen MR) is 92.5 cm³/mol. The number of cyclic esters (lactones) is 1. The first kappa shape index (κ1) is 17.5. The van der Waals surface area contributed by atoms with Crippen LogP contribution in [0.2, 0.25) is 0 Å². The van der Waals surface area contributed by atoms with Gasteiger partial charge < -0.3 is 9.29 Å². The highest BCUT2D eigenvalue weighted by atomic mass is 32.2. The third-order valence-corrected chi connectivity index (χ3v) is 4.61. The molecule has 0 aliphatic carbocycles. The van der Waals surface area contributed by atoms with E-state index >= 15 is 0 Å². The maximum atomic E-state index is 13.6. The average Bonchev–Trinajstić information content (AvgIpc) is 2.76. The summed E-state index contributed by atoms with van der Waals surface area (Å²) in [6.45, 7) is 3.54. The zero-order chi connectivity index (χ0) is 18.2. The summed E-state index contributed by atoms with van der Waals surface area (Å²) in [6, 6.07) is 12.7. The topological polar surface area (TPSA) is 66.4 Å². The van der Waals surface area contributed by atoms with Gasteiger partial charge in [-0.15, -0.1) is 0 Å². The van der Waals surface area contributed by atoms with Gasteiger partial charge in [-0.25, -0.2) is 9.18 Å². The molecule has 0 aromatic heterocycles. The van der Waals surface area contributed by atoms with Gasteiger partial charge in [-0.2, -0.15) is 0 Å². The highest BCUT2D eigenvalue weighted by molar-refractivity contribution is 7.78. The van der Waals surface area contributed by atoms with Crippen LogP contribution in [0.4, 0.5) is 4.39 Å². The molecule has 3 rings (SSSR count). The molecule has 4 nitrogen and oxygen atoms in total. The van der Waals surface area contributed by atoms with E-state index in [1.807, 2.05) is 0 Å². The molecule has 0 spiro atoms. The summed E-state index contributed by atoms with van der Waals surface area (Å²) in [4.78, 5) is 12.4. The zero-order valence-electron chi connectivity index (χ0n) is 13.7. The Kier molecular flexibility index (Phi) is 4.58. The maximum Gasteiger partial charge on any atom is 0.340 e. The Morgan fingerprint density at radius 3 is 2.40 bits per heavy atom. The van der Waals surface area contributed by atoms with Gasteiger partial charge in [-0.3, -0.25) is 4.21 Å². The van der Waals surface area contributed by atoms with Crippen LogP contribution in [0.1, 0.15) is 30.5 Å². The Bertz CT molecular complexity index is 885. The first-order chi connectivity index (χ1) is 11.8. The summed E-state index contributed by atoms with van der Waals surface area (Å²) in [5.74, 6) is -1.01. The molecule has 1 heterocycles. The largest absolute Gasteiger partial charge is 0.772 e. The molecule has 0 amide bonds. The number of halogens is 1. The first-order valence-electron chi connectivity index (χ1n) is 7.67. The SMILES string of the molecule is CC1(C)OC(=O)C(c2cccc(F)c2)=C1c1ccc(CS(=O)[O-])cc1. The molecular formula is C19H16FO4S-. The van der Waals surface area contributed by atoms with Gasteiger partial charge in [-0.1, -0.05) is 47.5 Å². The van der Waals surface area contributed by atoms with Crippen LogP contribution in [-0.2, 0) is 26.4 Å². The van der Waals surface area contributed by atoms with Gasteiger partial charge in [0.1, 0.15) is 11.4 Å². The molecule has 0 N–H and O–H groups in total. The van der Waals surface area contributed by atoms with Crippen LogP contribution in [0.3, 0.4) is 0 Å². The molecule has 2 aromatic carbocycles. The van der Waals surface area contributed by atoms with Crippen LogP contribution in [0.25, 0.3) is 11.1 Å². The van der Waals surface area contributed by atoms with Gasteiger partial charge in [0.05, 0.1) is 5.57 Å². The molecule has 0 saturated heterocycles. The molecule has 1 aliphatic heterocycles. The number of carbonyl (C=O) groups is 1. The standard InChI is InChI=1S/C19H17FO4S/c1-19(2)17(13-8-6-12(7-9-13)11-25(22)23)16(18(21)24-19)14-4-3-5-15(20)10-14/h3-10H,11H2,1-2H3,(H,22,23)/p-1. The molecule has 0 fully saturated rings. The van der Waals surface area contributed by atoms with Crippen molar-refractivity contribution >= 4 is 28.2 Å². The molecule has 1 unspecified atom stereocenters. The summed E-state index contributed by atoms with van der Waals surface area (Å²) in [7, 11) is 0. The second-order valence-electron chi connectivity index (χ2n) is 6.31. The van der Waals surface area contributed by atoms with E-state index in [0.717, 1.165) is 5.56 Å².